The summed E-state index contributed by atoms with van der Waals surface area (Å²) in [6, 6.07) is 0. The van der Waals surface area contributed by atoms with Crippen molar-refractivity contribution in [3.8, 4) is 0 Å². The van der Waals surface area contributed by atoms with Gasteiger partial charge >= 0.3 is 12.2 Å². The van der Waals surface area contributed by atoms with Gasteiger partial charge in [0, 0.05) is 12.8 Å². The summed E-state index contributed by atoms with van der Waals surface area (Å²) in [6.07, 6.45) is -2.53. The summed E-state index contributed by atoms with van der Waals surface area (Å²) < 4.78 is 5.00. The molecule has 1 heterocycles. The maximum Gasteiger partial charge on any atom is 0.433 e. The molecule has 4 amide bonds. The Hall–Kier alpha value is -2.32. The molecular formula is C12H19N3O6. The third-order valence-electron chi connectivity index (χ3n) is 2.25. The standard InChI is InChI=1S/C12H19N3O6/c1-7(13-10(18)20-12(2,3)4)14-11(19)21-15-8(16)5-6-9(15)17/h7H,5-6H2,1-4H3,(H,13,18)(H,14,19)/t7-/m1/s1. The molecule has 2 N–H and O–H groups in total. The third kappa shape index (κ3) is 5.67. The molecular weight excluding hydrogens is 282 g/mol. The number of carbonyl (C=O) groups is 4. The predicted molar refractivity (Wildman–Crippen MR) is 69.5 cm³/mol. The van der Waals surface area contributed by atoms with E-state index >= 15 is 0 Å². The fourth-order valence-electron chi connectivity index (χ4n) is 1.46. The molecule has 0 unspecified atom stereocenters. The minimum Gasteiger partial charge on any atom is -0.444 e. The van der Waals surface area contributed by atoms with E-state index in [-0.39, 0.29) is 12.8 Å². The second-order valence-electron chi connectivity index (χ2n) is 5.47. The van der Waals surface area contributed by atoms with Crippen LogP contribution in [0.25, 0.3) is 0 Å². The molecule has 0 radical (unpaired) electrons. The number of carbonyl (C=O) groups excluding carboxylic acids is 4. The molecule has 9 heteroatoms. The van der Waals surface area contributed by atoms with Gasteiger partial charge in [0.15, 0.2) is 0 Å². The van der Waals surface area contributed by atoms with Gasteiger partial charge in [0.25, 0.3) is 11.8 Å². The second kappa shape index (κ2) is 6.42. The first-order chi connectivity index (χ1) is 9.58. The summed E-state index contributed by atoms with van der Waals surface area (Å²) in [5.41, 5.74) is -0.668. The number of hydroxylamine groups is 2. The highest BCUT2D eigenvalue weighted by Gasteiger charge is 2.33. The van der Waals surface area contributed by atoms with Crippen LogP contribution in [0.15, 0.2) is 0 Å². The number of alkyl carbamates (subject to hydrolysis) is 1. The zero-order valence-corrected chi connectivity index (χ0v) is 12.4. The molecule has 0 bridgehead atoms. The van der Waals surface area contributed by atoms with Crippen molar-refractivity contribution in [1.29, 1.82) is 0 Å². The highest BCUT2D eigenvalue weighted by atomic mass is 16.7. The molecule has 9 nitrogen and oxygen atoms in total. The number of ether oxygens (including phenoxy) is 1. The minimum atomic E-state index is -1.03. The predicted octanol–water partition coefficient (Wildman–Crippen LogP) is 0.647. The second-order valence-corrected chi connectivity index (χ2v) is 5.47. The van der Waals surface area contributed by atoms with Crippen molar-refractivity contribution in [2.45, 2.75) is 52.3 Å². The Bertz CT molecular complexity index is 440. The van der Waals surface area contributed by atoms with Crippen molar-refractivity contribution in [2.75, 3.05) is 0 Å². The van der Waals surface area contributed by atoms with Crippen LogP contribution in [0.4, 0.5) is 9.59 Å². The van der Waals surface area contributed by atoms with Crippen LogP contribution in [-0.2, 0) is 19.2 Å². The highest BCUT2D eigenvalue weighted by Crippen LogP contribution is 2.12. The van der Waals surface area contributed by atoms with Crippen LogP contribution in [-0.4, -0.2) is 40.8 Å². The number of hydrogen-bond acceptors (Lipinski definition) is 6. The lowest BCUT2D eigenvalue weighted by Gasteiger charge is -2.22. The maximum atomic E-state index is 11.5. The van der Waals surface area contributed by atoms with Gasteiger partial charge in [0.2, 0.25) is 0 Å². The van der Waals surface area contributed by atoms with Gasteiger partial charge in [-0.05, 0) is 27.7 Å². The van der Waals surface area contributed by atoms with Crippen molar-refractivity contribution >= 4 is 24.0 Å². The quantitative estimate of drug-likeness (QED) is 0.584. The van der Waals surface area contributed by atoms with Crippen LogP contribution in [0.2, 0.25) is 0 Å². The van der Waals surface area contributed by atoms with E-state index in [0.29, 0.717) is 5.06 Å². The third-order valence-corrected chi connectivity index (χ3v) is 2.25. The molecule has 0 aromatic carbocycles. The lowest BCUT2D eigenvalue weighted by molar-refractivity contribution is -0.171. The largest absolute Gasteiger partial charge is 0.444 e. The van der Waals surface area contributed by atoms with E-state index in [1.54, 1.807) is 20.8 Å². The Labute approximate surface area is 121 Å². The van der Waals surface area contributed by atoms with E-state index in [0.717, 1.165) is 0 Å². The molecule has 1 aliphatic heterocycles. The Kier molecular flexibility index (Phi) is 5.12. The van der Waals surface area contributed by atoms with Crippen LogP contribution in [0.5, 0.6) is 0 Å². The summed E-state index contributed by atoms with van der Waals surface area (Å²) in [5, 5.41) is 5.01. The van der Waals surface area contributed by atoms with Gasteiger partial charge in [0.05, 0.1) is 0 Å². The molecule has 0 saturated carbocycles. The van der Waals surface area contributed by atoms with E-state index < -0.39 is 35.8 Å². The van der Waals surface area contributed by atoms with Crippen LogP contribution in [0, 0.1) is 0 Å². The molecule has 0 aromatic rings. The van der Waals surface area contributed by atoms with Gasteiger partial charge in [-0.1, -0.05) is 0 Å². The fraction of sp³-hybridized carbons (Fsp3) is 0.667. The van der Waals surface area contributed by atoms with Crippen LogP contribution in [0.3, 0.4) is 0 Å². The van der Waals surface area contributed by atoms with Crippen molar-refractivity contribution < 1.29 is 28.8 Å². The lowest BCUT2D eigenvalue weighted by Crippen LogP contribution is -2.49. The Morgan fingerprint density at radius 1 is 1.10 bits per heavy atom. The number of imide groups is 1. The topological polar surface area (TPSA) is 114 Å². The van der Waals surface area contributed by atoms with Crippen molar-refractivity contribution in [3.05, 3.63) is 0 Å². The monoisotopic (exact) mass is 301 g/mol. The molecule has 0 aromatic heterocycles. The van der Waals surface area contributed by atoms with Gasteiger partial charge in [0.1, 0.15) is 11.8 Å². The molecule has 1 aliphatic rings. The Morgan fingerprint density at radius 2 is 1.57 bits per heavy atom. The first kappa shape index (κ1) is 16.7. The van der Waals surface area contributed by atoms with Crippen molar-refractivity contribution in [3.63, 3.8) is 0 Å². The summed E-state index contributed by atoms with van der Waals surface area (Å²) in [4.78, 5) is 50.0. The average Bonchev–Trinajstić information content (AvgIpc) is 2.57. The molecule has 1 saturated heterocycles. The summed E-state index contributed by atoms with van der Waals surface area (Å²) in [7, 11) is 0. The van der Waals surface area contributed by atoms with E-state index in [4.69, 9.17) is 4.74 Å². The number of amides is 4. The Morgan fingerprint density at radius 3 is 2.05 bits per heavy atom. The van der Waals surface area contributed by atoms with Gasteiger partial charge in [-0.15, -0.1) is 5.06 Å². The first-order valence-electron chi connectivity index (χ1n) is 6.42. The number of hydrogen-bond donors (Lipinski definition) is 2. The highest BCUT2D eigenvalue weighted by molar-refractivity contribution is 6.01. The Balaban J connectivity index is 2.39. The molecule has 1 fully saturated rings. The van der Waals surface area contributed by atoms with E-state index in [1.807, 2.05) is 0 Å². The van der Waals surface area contributed by atoms with E-state index in [1.165, 1.54) is 6.92 Å². The normalized spacial score (nSPS) is 16.5. The van der Waals surface area contributed by atoms with Gasteiger partial charge in [-0.3, -0.25) is 14.9 Å². The zero-order chi connectivity index (χ0) is 16.2. The number of rotatable bonds is 3. The van der Waals surface area contributed by atoms with Gasteiger partial charge in [-0.2, -0.15) is 0 Å². The van der Waals surface area contributed by atoms with Crippen molar-refractivity contribution in [2.24, 2.45) is 0 Å². The van der Waals surface area contributed by atoms with Crippen LogP contribution < -0.4 is 10.6 Å². The molecule has 0 spiro atoms. The molecule has 1 rings (SSSR count). The van der Waals surface area contributed by atoms with E-state index in [9.17, 15) is 19.2 Å². The SMILES string of the molecule is C[C@@H](NC(=O)ON1C(=O)CCC1=O)NC(=O)OC(C)(C)C. The van der Waals surface area contributed by atoms with Crippen molar-refractivity contribution in [1.82, 2.24) is 15.7 Å². The minimum absolute atomic E-state index is 0.0117. The summed E-state index contributed by atoms with van der Waals surface area (Å²) in [5.74, 6) is -1.16. The van der Waals surface area contributed by atoms with Crippen LogP contribution >= 0.6 is 0 Å². The number of nitrogens with one attached hydrogen (secondary N) is 2. The molecule has 21 heavy (non-hydrogen) atoms. The summed E-state index contributed by atoms with van der Waals surface area (Å²) >= 11 is 0. The average molecular weight is 301 g/mol. The lowest BCUT2D eigenvalue weighted by atomic mass is 10.2. The first-order valence-corrected chi connectivity index (χ1v) is 6.42. The van der Waals surface area contributed by atoms with Crippen LogP contribution in [0.1, 0.15) is 40.5 Å². The van der Waals surface area contributed by atoms with E-state index in [2.05, 4.69) is 15.5 Å². The smallest absolute Gasteiger partial charge is 0.433 e. The molecule has 118 valence electrons. The fourth-order valence-corrected chi connectivity index (χ4v) is 1.46. The summed E-state index contributed by atoms with van der Waals surface area (Å²) in [6.45, 7) is 6.56. The number of nitrogens with zero attached hydrogens (tertiary/aromatic N) is 1. The molecule has 0 aliphatic carbocycles. The molecule has 1 atom stereocenters. The van der Waals surface area contributed by atoms with Gasteiger partial charge < -0.3 is 14.9 Å². The van der Waals surface area contributed by atoms with Gasteiger partial charge in [-0.25, -0.2) is 9.59 Å². The maximum absolute atomic E-state index is 11.5. The zero-order valence-electron chi connectivity index (χ0n) is 12.4.